The highest BCUT2D eigenvalue weighted by molar-refractivity contribution is 5.57. The third kappa shape index (κ3) is 4.19. The summed E-state index contributed by atoms with van der Waals surface area (Å²) in [7, 11) is 1.97. The lowest BCUT2D eigenvalue weighted by atomic mass is 10.1. The first-order valence-electron chi connectivity index (χ1n) is 6.44. The number of nitrogens with one attached hydrogen (secondary N) is 1. The van der Waals surface area contributed by atoms with Gasteiger partial charge in [-0.1, -0.05) is 30.3 Å². The van der Waals surface area contributed by atoms with Gasteiger partial charge in [0, 0.05) is 6.54 Å². The van der Waals surface area contributed by atoms with Crippen molar-refractivity contribution in [3.05, 3.63) is 42.4 Å². The van der Waals surface area contributed by atoms with Gasteiger partial charge in [0.1, 0.15) is 5.82 Å². The van der Waals surface area contributed by atoms with Crippen LogP contribution in [0.5, 0.6) is 0 Å². The Bertz CT molecular complexity index is 514. The molecule has 2 N–H and O–H groups in total. The maximum atomic E-state index is 9.78. The van der Waals surface area contributed by atoms with Gasteiger partial charge >= 0.3 is 0 Å². The molecule has 0 saturated heterocycles. The first-order chi connectivity index (χ1) is 8.94. The number of aliphatic hydroxyl groups is 1. The largest absolute Gasteiger partial charge is 0.389 e. The van der Waals surface area contributed by atoms with Crippen LogP contribution in [0.2, 0.25) is 0 Å². The van der Waals surface area contributed by atoms with Gasteiger partial charge in [-0.05, 0) is 26.5 Å². The smallest absolute Gasteiger partial charge is 0.120 e. The van der Waals surface area contributed by atoms with Gasteiger partial charge in [0.05, 0.1) is 24.0 Å². The van der Waals surface area contributed by atoms with Crippen molar-refractivity contribution in [3.8, 4) is 11.3 Å². The van der Waals surface area contributed by atoms with E-state index < -0.39 is 5.60 Å². The van der Waals surface area contributed by atoms with Crippen molar-refractivity contribution in [2.24, 2.45) is 0 Å². The van der Waals surface area contributed by atoms with Gasteiger partial charge in [-0.2, -0.15) is 0 Å². The van der Waals surface area contributed by atoms with Gasteiger partial charge in [0.15, 0.2) is 0 Å². The monoisotopic (exact) mass is 259 g/mol. The lowest BCUT2D eigenvalue weighted by molar-refractivity contribution is 0.0419. The molecule has 0 atom stereocenters. The molecule has 0 aliphatic heterocycles. The number of hydrogen-bond acceptors (Lipinski definition) is 3. The molecular weight excluding hydrogens is 238 g/mol. The standard InChI is InChI=1S/C15H21N3O/c1-15(2,19)11-18(3)10-14-16-9-13(17-14)12-7-5-4-6-8-12/h4-9,19H,10-11H2,1-3H3,(H,16,17). The van der Waals surface area contributed by atoms with Crippen molar-refractivity contribution in [2.45, 2.75) is 26.0 Å². The van der Waals surface area contributed by atoms with Crippen LogP contribution in [-0.2, 0) is 6.54 Å². The molecule has 0 bridgehead atoms. The van der Waals surface area contributed by atoms with E-state index in [4.69, 9.17) is 0 Å². The fraction of sp³-hybridized carbons (Fsp3) is 0.400. The Morgan fingerprint density at radius 3 is 2.58 bits per heavy atom. The maximum absolute atomic E-state index is 9.78. The van der Waals surface area contributed by atoms with Gasteiger partial charge in [-0.3, -0.25) is 4.90 Å². The zero-order valence-corrected chi connectivity index (χ0v) is 11.7. The molecule has 4 heteroatoms. The lowest BCUT2D eigenvalue weighted by Gasteiger charge is -2.24. The van der Waals surface area contributed by atoms with Crippen LogP contribution >= 0.6 is 0 Å². The highest BCUT2D eigenvalue weighted by atomic mass is 16.3. The normalized spacial score (nSPS) is 12.1. The van der Waals surface area contributed by atoms with E-state index in [1.54, 1.807) is 13.8 Å². The number of nitrogens with zero attached hydrogens (tertiary/aromatic N) is 2. The van der Waals surface area contributed by atoms with E-state index in [9.17, 15) is 5.11 Å². The highest BCUT2D eigenvalue weighted by Crippen LogP contribution is 2.16. The Morgan fingerprint density at radius 2 is 1.95 bits per heavy atom. The van der Waals surface area contributed by atoms with Crippen LogP contribution in [0.25, 0.3) is 11.3 Å². The zero-order chi connectivity index (χ0) is 13.9. The molecule has 0 amide bonds. The minimum absolute atomic E-state index is 0.606. The second-order valence-corrected chi connectivity index (χ2v) is 5.59. The molecule has 1 aromatic carbocycles. The van der Waals surface area contributed by atoms with Crippen LogP contribution in [-0.4, -0.2) is 39.2 Å². The molecule has 0 aliphatic rings. The summed E-state index contributed by atoms with van der Waals surface area (Å²) in [6.45, 7) is 4.91. The van der Waals surface area contributed by atoms with Gasteiger partial charge in [0.25, 0.3) is 0 Å². The SMILES string of the molecule is CN(Cc1ncc(-c2ccccc2)[nH]1)CC(C)(C)O. The summed E-state index contributed by atoms with van der Waals surface area (Å²) in [6, 6.07) is 10.1. The van der Waals surface area contributed by atoms with Crippen molar-refractivity contribution in [1.82, 2.24) is 14.9 Å². The molecule has 0 fully saturated rings. The molecule has 0 radical (unpaired) electrons. The molecule has 19 heavy (non-hydrogen) atoms. The molecular formula is C15H21N3O. The average molecular weight is 259 g/mol. The van der Waals surface area contributed by atoms with Crippen molar-refractivity contribution < 1.29 is 5.11 Å². The van der Waals surface area contributed by atoms with Crippen LogP contribution in [0.4, 0.5) is 0 Å². The van der Waals surface area contributed by atoms with E-state index in [1.165, 1.54) is 0 Å². The number of likely N-dealkylation sites (N-methyl/N-ethyl adjacent to an activating group) is 1. The summed E-state index contributed by atoms with van der Waals surface area (Å²) in [5, 5.41) is 9.78. The summed E-state index contributed by atoms with van der Waals surface area (Å²) in [6.07, 6.45) is 1.85. The van der Waals surface area contributed by atoms with E-state index in [-0.39, 0.29) is 0 Å². The summed E-state index contributed by atoms with van der Waals surface area (Å²) < 4.78 is 0. The average Bonchev–Trinajstić information content (AvgIpc) is 2.76. The predicted molar refractivity (Wildman–Crippen MR) is 76.7 cm³/mol. The Labute approximate surface area is 114 Å². The van der Waals surface area contributed by atoms with Crippen molar-refractivity contribution in [2.75, 3.05) is 13.6 Å². The molecule has 0 unspecified atom stereocenters. The Kier molecular flexibility index (Phi) is 4.02. The van der Waals surface area contributed by atoms with Crippen LogP contribution in [0.3, 0.4) is 0 Å². The molecule has 0 spiro atoms. The summed E-state index contributed by atoms with van der Waals surface area (Å²) >= 11 is 0. The zero-order valence-electron chi connectivity index (χ0n) is 11.7. The first-order valence-corrected chi connectivity index (χ1v) is 6.44. The molecule has 1 heterocycles. The predicted octanol–water partition coefficient (Wildman–Crippen LogP) is 2.28. The number of aromatic nitrogens is 2. The van der Waals surface area contributed by atoms with E-state index in [2.05, 4.69) is 22.1 Å². The highest BCUT2D eigenvalue weighted by Gasteiger charge is 2.16. The van der Waals surface area contributed by atoms with Crippen LogP contribution in [0.15, 0.2) is 36.5 Å². The molecule has 2 rings (SSSR count). The number of hydrogen-bond donors (Lipinski definition) is 2. The van der Waals surface area contributed by atoms with Crippen LogP contribution in [0, 0.1) is 0 Å². The van der Waals surface area contributed by atoms with Gasteiger partial charge in [-0.15, -0.1) is 0 Å². The third-order valence-electron chi connectivity index (χ3n) is 2.79. The molecule has 1 aromatic heterocycles. The second-order valence-electron chi connectivity index (χ2n) is 5.59. The lowest BCUT2D eigenvalue weighted by Crippen LogP contribution is -2.36. The van der Waals surface area contributed by atoms with Crippen molar-refractivity contribution in [3.63, 3.8) is 0 Å². The molecule has 4 nitrogen and oxygen atoms in total. The molecule has 2 aromatic rings. The molecule has 0 saturated carbocycles. The van der Waals surface area contributed by atoms with Crippen LogP contribution in [0.1, 0.15) is 19.7 Å². The number of H-pyrrole nitrogens is 1. The number of imidazole rings is 1. The maximum Gasteiger partial charge on any atom is 0.120 e. The van der Waals surface area contributed by atoms with Crippen molar-refractivity contribution in [1.29, 1.82) is 0 Å². The fourth-order valence-corrected chi connectivity index (χ4v) is 2.18. The quantitative estimate of drug-likeness (QED) is 0.866. The number of rotatable bonds is 5. The summed E-state index contributed by atoms with van der Waals surface area (Å²) in [5.74, 6) is 0.908. The second kappa shape index (κ2) is 5.55. The topological polar surface area (TPSA) is 52.2 Å². The minimum atomic E-state index is -0.691. The van der Waals surface area contributed by atoms with Gasteiger partial charge < -0.3 is 10.1 Å². The summed E-state index contributed by atoms with van der Waals surface area (Å²) in [4.78, 5) is 9.74. The van der Waals surface area contributed by atoms with Gasteiger partial charge in [-0.25, -0.2) is 4.98 Å². The van der Waals surface area contributed by atoms with E-state index in [1.807, 2.05) is 36.3 Å². The fourth-order valence-electron chi connectivity index (χ4n) is 2.18. The van der Waals surface area contributed by atoms with E-state index >= 15 is 0 Å². The number of aromatic amines is 1. The van der Waals surface area contributed by atoms with E-state index in [0.717, 1.165) is 17.1 Å². The van der Waals surface area contributed by atoms with E-state index in [0.29, 0.717) is 13.1 Å². The Balaban J connectivity index is 2.02. The van der Waals surface area contributed by atoms with Crippen LogP contribution < -0.4 is 0 Å². The first kappa shape index (κ1) is 13.8. The molecule has 0 aliphatic carbocycles. The Morgan fingerprint density at radius 1 is 1.26 bits per heavy atom. The number of benzene rings is 1. The Hall–Kier alpha value is -1.65. The van der Waals surface area contributed by atoms with Crippen molar-refractivity contribution >= 4 is 0 Å². The van der Waals surface area contributed by atoms with Gasteiger partial charge in [0.2, 0.25) is 0 Å². The molecule has 102 valence electrons. The third-order valence-corrected chi connectivity index (χ3v) is 2.79. The minimum Gasteiger partial charge on any atom is -0.389 e. The summed E-state index contributed by atoms with van der Waals surface area (Å²) in [5.41, 5.74) is 1.46.